The molecule has 2 atom stereocenters. The SMILES string of the molecule is CC[C@@H](C)NC(=O)[C@H](CC)N(Cc1cccc(C)c1)C(=O)CN(c1ccc(C)cc1)S(=O)(=O)c1ccc(C)cc1. The molecule has 8 heteroatoms. The molecule has 0 heterocycles. The van der Waals surface area contributed by atoms with Crippen molar-refractivity contribution in [3.05, 3.63) is 95.1 Å². The Labute approximate surface area is 239 Å². The highest BCUT2D eigenvalue weighted by Crippen LogP contribution is 2.25. The first kappa shape index (κ1) is 30.9. The summed E-state index contributed by atoms with van der Waals surface area (Å²) >= 11 is 0. The molecule has 0 aromatic heterocycles. The van der Waals surface area contributed by atoms with Crippen LogP contribution in [0, 0.1) is 20.8 Å². The molecule has 7 nitrogen and oxygen atoms in total. The van der Waals surface area contributed by atoms with E-state index in [1.165, 1.54) is 4.90 Å². The second-order valence-corrected chi connectivity index (χ2v) is 12.3. The van der Waals surface area contributed by atoms with Crippen LogP contribution in [0.1, 0.15) is 55.9 Å². The van der Waals surface area contributed by atoms with E-state index in [1.54, 1.807) is 36.4 Å². The number of carbonyl (C=O) groups is 2. The highest BCUT2D eigenvalue weighted by atomic mass is 32.2. The molecule has 2 amide bonds. The number of rotatable bonds is 12. The zero-order valence-electron chi connectivity index (χ0n) is 24.3. The van der Waals surface area contributed by atoms with Crippen LogP contribution in [0.15, 0.2) is 77.7 Å². The molecule has 3 rings (SSSR count). The van der Waals surface area contributed by atoms with E-state index in [2.05, 4.69) is 5.32 Å². The molecule has 214 valence electrons. The van der Waals surface area contributed by atoms with Gasteiger partial charge >= 0.3 is 0 Å². The van der Waals surface area contributed by atoms with Crippen molar-refractivity contribution in [3.8, 4) is 0 Å². The van der Waals surface area contributed by atoms with Gasteiger partial charge in [0.25, 0.3) is 10.0 Å². The third kappa shape index (κ3) is 7.72. The third-order valence-corrected chi connectivity index (χ3v) is 8.82. The van der Waals surface area contributed by atoms with E-state index in [-0.39, 0.29) is 23.4 Å². The number of benzene rings is 3. The zero-order chi connectivity index (χ0) is 29.4. The number of carbonyl (C=O) groups excluding carboxylic acids is 2. The smallest absolute Gasteiger partial charge is 0.264 e. The lowest BCUT2D eigenvalue weighted by atomic mass is 10.1. The van der Waals surface area contributed by atoms with Gasteiger partial charge in [-0.3, -0.25) is 13.9 Å². The van der Waals surface area contributed by atoms with Gasteiger partial charge in [0.1, 0.15) is 12.6 Å². The minimum atomic E-state index is -4.08. The predicted molar refractivity (Wildman–Crippen MR) is 161 cm³/mol. The van der Waals surface area contributed by atoms with Crippen molar-refractivity contribution in [1.82, 2.24) is 10.2 Å². The lowest BCUT2D eigenvalue weighted by Crippen LogP contribution is -2.53. The summed E-state index contributed by atoms with van der Waals surface area (Å²) in [6.07, 6.45) is 1.14. The maximum atomic E-state index is 14.1. The Bertz CT molecular complexity index is 1400. The number of sulfonamides is 1. The number of hydrogen-bond donors (Lipinski definition) is 1. The van der Waals surface area contributed by atoms with Crippen LogP contribution in [-0.4, -0.2) is 43.8 Å². The molecule has 0 unspecified atom stereocenters. The molecule has 0 bridgehead atoms. The van der Waals surface area contributed by atoms with Crippen LogP contribution >= 0.6 is 0 Å². The van der Waals surface area contributed by atoms with Crippen molar-refractivity contribution in [1.29, 1.82) is 0 Å². The van der Waals surface area contributed by atoms with E-state index in [4.69, 9.17) is 0 Å². The van der Waals surface area contributed by atoms with Gasteiger partial charge < -0.3 is 10.2 Å². The minimum absolute atomic E-state index is 0.0524. The fraction of sp³-hybridized carbons (Fsp3) is 0.375. The summed E-state index contributed by atoms with van der Waals surface area (Å²) < 4.78 is 29.0. The summed E-state index contributed by atoms with van der Waals surface area (Å²) in [5.41, 5.74) is 4.18. The summed E-state index contributed by atoms with van der Waals surface area (Å²) in [4.78, 5) is 29.1. The normalized spacial score (nSPS) is 12.8. The molecule has 3 aromatic carbocycles. The molecule has 3 aromatic rings. The standard InChI is InChI=1S/C32H41N3O4S/c1-7-26(6)33-32(37)30(8-2)34(21-27-11-9-10-25(5)20-27)31(36)22-35(28-16-12-23(3)13-17-28)40(38,39)29-18-14-24(4)15-19-29/h9-20,26,30H,7-8,21-22H2,1-6H3,(H,33,37)/t26-,30+/m1/s1. The van der Waals surface area contributed by atoms with E-state index in [0.29, 0.717) is 12.1 Å². The van der Waals surface area contributed by atoms with Crippen molar-refractivity contribution in [2.45, 2.75) is 77.9 Å². The Hall–Kier alpha value is -3.65. The number of hydrogen-bond acceptors (Lipinski definition) is 4. The Morgan fingerprint density at radius 3 is 1.98 bits per heavy atom. The maximum absolute atomic E-state index is 14.1. The van der Waals surface area contributed by atoms with Crippen LogP contribution in [0.3, 0.4) is 0 Å². The first-order valence-corrected chi connectivity index (χ1v) is 15.2. The fourth-order valence-corrected chi connectivity index (χ4v) is 5.86. The van der Waals surface area contributed by atoms with Crippen molar-refractivity contribution in [2.24, 2.45) is 0 Å². The Morgan fingerprint density at radius 1 is 0.825 bits per heavy atom. The maximum Gasteiger partial charge on any atom is 0.264 e. The molecule has 1 N–H and O–H groups in total. The number of nitrogens with zero attached hydrogens (tertiary/aromatic N) is 2. The quantitative estimate of drug-likeness (QED) is 0.314. The average molecular weight is 564 g/mol. The van der Waals surface area contributed by atoms with E-state index in [0.717, 1.165) is 33.0 Å². The molecule has 40 heavy (non-hydrogen) atoms. The highest BCUT2D eigenvalue weighted by Gasteiger charge is 2.34. The predicted octanol–water partition coefficient (Wildman–Crippen LogP) is 5.53. The second-order valence-electron chi connectivity index (χ2n) is 10.4. The average Bonchev–Trinajstić information content (AvgIpc) is 2.92. The summed E-state index contributed by atoms with van der Waals surface area (Å²) in [6.45, 7) is 11.3. The van der Waals surface area contributed by atoms with Gasteiger partial charge in [0.2, 0.25) is 11.8 Å². The summed E-state index contributed by atoms with van der Waals surface area (Å²) in [7, 11) is -4.08. The summed E-state index contributed by atoms with van der Waals surface area (Å²) in [5.74, 6) is -0.704. The molecule has 0 fully saturated rings. The molecular formula is C32H41N3O4S. The van der Waals surface area contributed by atoms with Gasteiger partial charge in [-0.15, -0.1) is 0 Å². The number of amides is 2. The molecule has 0 aliphatic carbocycles. The first-order valence-electron chi connectivity index (χ1n) is 13.8. The molecule has 0 radical (unpaired) electrons. The van der Waals surface area contributed by atoms with Gasteiger partial charge in [-0.05, 0) is 70.4 Å². The van der Waals surface area contributed by atoms with Crippen molar-refractivity contribution < 1.29 is 18.0 Å². The molecule has 0 saturated carbocycles. The van der Waals surface area contributed by atoms with Crippen LogP contribution in [0.5, 0.6) is 0 Å². The second kappa shape index (κ2) is 13.6. The molecule has 0 saturated heterocycles. The molecule has 0 spiro atoms. The lowest BCUT2D eigenvalue weighted by molar-refractivity contribution is -0.140. The first-order chi connectivity index (χ1) is 19.0. The van der Waals surface area contributed by atoms with Crippen LogP contribution in [0.2, 0.25) is 0 Å². The summed E-state index contributed by atoms with van der Waals surface area (Å²) in [6, 6.07) is 20.6. The monoisotopic (exact) mass is 563 g/mol. The largest absolute Gasteiger partial charge is 0.352 e. The number of aryl methyl sites for hydroxylation is 3. The van der Waals surface area contributed by atoms with E-state index >= 15 is 0 Å². The van der Waals surface area contributed by atoms with Crippen LogP contribution in [0.4, 0.5) is 5.69 Å². The van der Waals surface area contributed by atoms with Crippen LogP contribution in [-0.2, 0) is 26.2 Å². The highest BCUT2D eigenvalue weighted by molar-refractivity contribution is 7.92. The minimum Gasteiger partial charge on any atom is -0.352 e. The summed E-state index contributed by atoms with van der Waals surface area (Å²) in [5, 5.41) is 3.00. The lowest BCUT2D eigenvalue weighted by Gasteiger charge is -2.33. The molecular weight excluding hydrogens is 522 g/mol. The van der Waals surface area contributed by atoms with Gasteiger partial charge in [0.05, 0.1) is 10.6 Å². The fourth-order valence-electron chi connectivity index (χ4n) is 4.45. The third-order valence-electron chi connectivity index (χ3n) is 7.03. The molecule has 0 aliphatic rings. The molecule has 0 aliphatic heterocycles. The van der Waals surface area contributed by atoms with E-state index < -0.39 is 28.5 Å². The Balaban J connectivity index is 2.05. The van der Waals surface area contributed by atoms with Gasteiger partial charge in [0, 0.05) is 12.6 Å². The van der Waals surface area contributed by atoms with Gasteiger partial charge in [-0.1, -0.05) is 79.1 Å². The van der Waals surface area contributed by atoms with Crippen LogP contribution < -0.4 is 9.62 Å². The zero-order valence-corrected chi connectivity index (χ0v) is 25.2. The van der Waals surface area contributed by atoms with Crippen molar-refractivity contribution in [3.63, 3.8) is 0 Å². The number of nitrogens with one attached hydrogen (secondary N) is 1. The van der Waals surface area contributed by atoms with Gasteiger partial charge in [0.15, 0.2) is 0 Å². The van der Waals surface area contributed by atoms with Gasteiger partial charge in [-0.25, -0.2) is 8.42 Å². The Morgan fingerprint density at radius 2 is 1.43 bits per heavy atom. The van der Waals surface area contributed by atoms with Crippen molar-refractivity contribution >= 4 is 27.5 Å². The van der Waals surface area contributed by atoms with E-state index in [1.807, 2.05) is 77.9 Å². The van der Waals surface area contributed by atoms with E-state index in [9.17, 15) is 18.0 Å². The van der Waals surface area contributed by atoms with Crippen molar-refractivity contribution in [2.75, 3.05) is 10.8 Å². The van der Waals surface area contributed by atoms with Crippen LogP contribution in [0.25, 0.3) is 0 Å². The van der Waals surface area contributed by atoms with Gasteiger partial charge in [-0.2, -0.15) is 0 Å². The Kier molecular flexibility index (Phi) is 10.5. The topological polar surface area (TPSA) is 86.8 Å². The number of anilines is 1.